The Morgan fingerprint density at radius 2 is 2.16 bits per heavy atom. The molecule has 5 heteroatoms. The van der Waals surface area contributed by atoms with Gasteiger partial charge < -0.3 is 9.84 Å². The predicted molar refractivity (Wildman–Crippen MR) is 74.8 cm³/mol. The lowest BCUT2D eigenvalue weighted by Gasteiger charge is -2.31. The van der Waals surface area contributed by atoms with E-state index in [2.05, 4.69) is 40.3 Å². The Labute approximate surface area is 115 Å². The first kappa shape index (κ1) is 14.2. The first-order valence-corrected chi connectivity index (χ1v) is 7.02. The Kier molecular flexibility index (Phi) is 5.10. The fraction of sp³-hybridized carbons (Fsp3) is 0.714. The third-order valence-electron chi connectivity index (χ3n) is 3.46. The monoisotopic (exact) mass is 264 g/mol. The summed E-state index contributed by atoms with van der Waals surface area (Å²) in [6, 6.07) is 0.565. The van der Waals surface area contributed by atoms with Crippen LogP contribution in [-0.4, -0.2) is 40.7 Å². The minimum atomic E-state index is 0.565. The van der Waals surface area contributed by atoms with Crippen LogP contribution < -0.4 is 5.32 Å². The first-order chi connectivity index (χ1) is 9.13. The van der Waals surface area contributed by atoms with Gasteiger partial charge in [0.15, 0.2) is 5.82 Å². The zero-order chi connectivity index (χ0) is 13.7. The summed E-state index contributed by atoms with van der Waals surface area (Å²) >= 11 is 0. The van der Waals surface area contributed by atoms with Crippen LogP contribution in [0.3, 0.4) is 0 Å². The maximum Gasteiger partial charge on any atom is 0.240 e. The summed E-state index contributed by atoms with van der Waals surface area (Å²) in [6.07, 6.45) is 4.67. The van der Waals surface area contributed by atoms with Crippen molar-refractivity contribution >= 4 is 0 Å². The Hall–Kier alpha value is -1.20. The summed E-state index contributed by atoms with van der Waals surface area (Å²) in [6.45, 7) is 10.2. The fourth-order valence-electron chi connectivity index (χ4n) is 2.27. The van der Waals surface area contributed by atoms with Crippen LogP contribution in [0.5, 0.6) is 0 Å². The lowest BCUT2D eigenvalue weighted by atomic mass is 10.0. The topological polar surface area (TPSA) is 54.2 Å². The van der Waals surface area contributed by atoms with Crippen molar-refractivity contribution in [2.45, 2.75) is 46.2 Å². The third kappa shape index (κ3) is 4.76. The Bertz CT molecular complexity index is 415. The van der Waals surface area contributed by atoms with E-state index in [1.807, 2.05) is 6.92 Å². The van der Waals surface area contributed by atoms with Gasteiger partial charge >= 0.3 is 0 Å². The molecule has 0 radical (unpaired) electrons. The Morgan fingerprint density at radius 3 is 2.74 bits per heavy atom. The molecular formula is C14H24N4O. The van der Waals surface area contributed by atoms with E-state index >= 15 is 0 Å². The van der Waals surface area contributed by atoms with Crippen molar-refractivity contribution in [2.75, 3.05) is 19.6 Å². The van der Waals surface area contributed by atoms with Gasteiger partial charge in [0.2, 0.25) is 5.89 Å². The Morgan fingerprint density at radius 1 is 1.42 bits per heavy atom. The van der Waals surface area contributed by atoms with Crippen molar-refractivity contribution in [2.24, 2.45) is 0 Å². The van der Waals surface area contributed by atoms with E-state index < -0.39 is 0 Å². The maximum atomic E-state index is 5.10. The number of likely N-dealkylation sites (tertiary alicyclic amines) is 1. The molecule has 0 spiro atoms. The van der Waals surface area contributed by atoms with Gasteiger partial charge in [-0.15, -0.1) is 0 Å². The molecule has 0 aromatic carbocycles. The summed E-state index contributed by atoms with van der Waals surface area (Å²) in [5.41, 5.74) is 1.40. The van der Waals surface area contributed by atoms with Crippen molar-refractivity contribution < 1.29 is 4.52 Å². The van der Waals surface area contributed by atoms with Crippen LogP contribution in [-0.2, 0) is 6.54 Å². The highest BCUT2D eigenvalue weighted by Gasteiger charge is 2.18. The van der Waals surface area contributed by atoms with Gasteiger partial charge in [-0.3, -0.25) is 4.90 Å². The average Bonchev–Trinajstić information content (AvgIpc) is 2.81. The SMILES string of the molecule is CC(C)=CCN1CCC(NCc2nc(C)no2)CC1. The van der Waals surface area contributed by atoms with Crippen LogP contribution in [0.2, 0.25) is 0 Å². The minimum Gasteiger partial charge on any atom is -0.338 e. The molecule has 1 aromatic heterocycles. The standard InChI is InChI=1S/C14H24N4O/c1-11(2)4-7-18-8-5-13(6-9-18)15-10-14-16-12(3)17-19-14/h4,13,15H,5-10H2,1-3H3. The molecule has 1 fully saturated rings. The molecule has 0 unspecified atom stereocenters. The zero-order valence-electron chi connectivity index (χ0n) is 12.1. The van der Waals surface area contributed by atoms with Gasteiger partial charge in [-0.1, -0.05) is 16.8 Å². The van der Waals surface area contributed by atoms with E-state index in [9.17, 15) is 0 Å². The molecule has 1 saturated heterocycles. The van der Waals surface area contributed by atoms with Crippen molar-refractivity contribution in [1.29, 1.82) is 0 Å². The Balaban J connectivity index is 1.67. The van der Waals surface area contributed by atoms with E-state index in [1.54, 1.807) is 0 Å². The van der Waals surface area contributed by atoms with Crippen molar-refractivity contribution in [3.8, 4) is 0 Å². The van der Waals surface area contributed by atoms with Crippen LogP contribution in [0.4, 0.5) is 0 Å². The summed E-state index contributed by atoms with van der Waals surface area (Å²) in [4.78, 5) is 6.70. The molecule has 19 heavy (non-hydrogen) atoms. The van der Waals surface area contributed by atoms with E-state index in [0.29, 0.717) is 24.3 Å². The number of hydrogen-bond donors (Lipinski definition) is 1. The van der Waals surface area contributed by atoms with Gasteiger partial charge in [0.05, 0.1) is 6.54 Å². The molecule has 0 bridgehead atoms. The number of rotatable bonds is 5. The van der Waals surface area contributed by atoms with Gasteiger partial charge in [0, 0.05) is 12.6 Å². The second-order valence-electron chi connectivity index (χ2n) is 5.47. The molecule has 2 heterocycles. The number of aryl methyl sites for hydroxylation is 1. The number of piperidine rings is 1. The molecule has 1 aliphatic rings. The van der Waals surface area contributed by atoms with Crippen molar-refractivity contribution in [3.05, 3.63) is 23.4 Å². The lowest BCUT2D eigenvalue weighted by molar-refractivity contribution is 0.210. The molecular weight excluding hydrogens is 240 g/mol. The highest BCUT2D eigenvalue weighted by atomic mass is 16.5. The lowest BCUT2D eigenvalue weighted by Crippen LogP contribution is -2.42. The van der Waals surface area contributed by atoms with E-state index in [-0.39, 0.29) is 0 Å². The number of nitrogens with zero attached hydrogens (tertiary/aromatic N) is 3. The van der Waals surface area contributed by atoms with Crippen LogP contribution in [0.15, 0.2) is 16.2 Å². The van der Waals surface area contributed by atoms with E-state index in [1.165, 1.54) is 18.4 Å². The second-order valence-corrected chi connectivity index (χ2v) is 5.47. The molecule has 1 aromatic rings. The smallest absolute Gasteiger partial charge is 0.240 e. The second kappa shape index (κ2) is 6.82. The van der Waals surface area contributed by atoms with Crippen LogP contribution >= 0.6 is 0 Å². The van der Waals surface area contributed by atoms with Gasteiger partial charge in [0.25, 0.3) is 0 Å². The van der Waals surface area contributed by atoms with Crippen LogP contribution in [0.1, 0.15) is 38.4 Å². The summed E-state index contributed by atoms with van der Waals surface area (Å²) < 4.78 is 5.10. The van der Waals surface area contributed by atoms with Crippen molar-refractivity contribution in [3.63, 3.8) is 0 Å². The molecule has 0 saturated carbocycles. The highest BCUT2D eigenvalue weighted by molar-refractivity contribution is 4.95. The highest BCUT2D eigenvalue weighted by Crippen LogP contribution is 2.11. The van der Waals surface area contributed by atoms with Gasteiger partial charge in [-0.25, -0.2) is 0 Å². The minimum absolute atomic E-state index is 0.565. The average molecular weight is 264 g/mol. The van der Waals surface area contributed by atoms with Gasteiger partial charge in [-0.2, -0.15) is 4.98 Å². The molecule has 1 aliphatic heterocycles. The quantitative estimate of drug-likeness (QED) is 0.823. The third-order valence-corrected chi connectivity index (χ3v) is 3.46. The van der Waals surface area contributed by atoms with Crippen LogP contribution in [0.25, 0.3) is 0 Å². The zero-order valence-corrected chi connectivity index (χ0v) is 12.1. The summed E-state index contributed by atoms with van der Waals surface area (Å²) in [5.74, 6) is 1.39. The molecule has 0 amide bonds. The van der Waals surface area contributed by atoms with Gasteiger partial charge in [-0.05, 0) is 46.7 Å². The van der Waals surface area contributed by atoms with E-state index in [0.717, 1.165) is 19.6 Å². The predicted octanol–water partition coefficient (Wildman–Crippen LogP) is 1.90. The van der Waals surface area contributed by atoms with Crippen molar-refractivity contribution in [1.82, 2.24) is 20.4 Å². The number of aromatic nitrogens is 2. The molecule has 106 valence electrons. The molecule has 0 aliphatic carbocycles. The van der Waals surface area contributed by atoms with Gasteiger partial charge in [0.1, 0.15) is 0 Å². The maximum absolute atomic E-state index is 5.10. The largest absolute Gasteiger partial charge is 0.338 e. The molecule has 0 atom stereocenters. The molecule has 5 nitrogen and oxygen atoms in total. The first-order valence-electron chi connectivity index (χ1n) is 7.02. The molecule has 2 rings (SSSR count). The summed E-state index contributed by atoms with van der Waals surface area (Å²) in [5, 5.41) is 7.29. The normalized spacial score (nSPS) is 17.6. The molecule has 1 N–H and O–H groups in total. The number of hydrogen-bond acceptors (Lipinski definition) is 5. The number of allylic oxidation sites excluding steroid dienone is 1. The number of nitrogens with one attached hydrogen (secondary N) is 1. The van der Waals surface area contributed by atoms with E-state index in [4.69, 9.17) is 4.52 Å². The fourth-order valence-corrected chi connectivity index (χ4v) is 2.27. The summed E-state index contributed by atoms with van der Waals surface area (Å²) in [7, 11) is 0. The van der Waals surface area contributed by atoms with Crippen LogP contribution in [0, 0.1) is 6.92 Å².